The average molecular weight is 448 g/mol. The zero-order valence-electron chi connectivity index (χ0n) is 19.0. The predicted octanol–water partition coefficient (Wildman–Crippen LogP) is 1.71. The van der Waals surface area contributed by atoms with Crippen LogP contribution in [0.5, 0.6) is 5.75 Å². The van der Waals surface area contributed by atoms with Crippen molar-refractivity contribution < 1.29 is 29.0 Å². The van der Waals surface area contributed by atoms with Crippen molar-refractivity contribution in [2.75, 3.05) is 6.61 Å². The van der Waals surface area contributed by atoms with Crippen molar-refractivity contribution >= 4 is 23.7 Å². The molecular formula is C23H33N3O6. The summed E-state index contributed by atoms with van der Waals surface area (Å²) in [5.41, 5.74) is 0.188. The highest BCUT2D eigenvalue weighted by atomic mass is 16.5. The lowest BCUT2D eigenvalue weighted by Gasteiger charge is -2.26. The van der Waals surface area contributed by atoms with E-state index in [1.165, 1.54) is 0 Å². The monoisotopic (exact) mass is 447 g/mol. The lowest BCUT2D eigenvalue weighted by molar-refractivity contribution is -0.139. The molecule has 0 radical (unpaired) electrons. The minimum Gasteiger partial charge on any atom is -0.491 e. The molecule has 9 nitrogen and oxygen atoms in total. The molecule has 3 atom stereocenters. The maximum absolute atomic E-state index is 13.0. The molecule has 0 saturated heterocycles. The number of benzene rings is 1. The third kappa shape index (κ3) is 7.25. The fraction of sp³-hybridized carbons (Fsp3) is 0.565. The summed E-state index contributed by atoms with van der Waals surface area (Å²) in [6.07, 6.45) is 0.375. The van der Waals surface area contributed by atoms with Gasteiger partial charge in [0.05, 0.1) is 11.6 Å². The van der Waals surface area contributed by atoms with Crippen LogP contribution in [-0.2, 0) is 14.4 Å². The molecule has 1 aliphatic rings. The molecule has 0 fully saturated rings. The predicted molar refractivity (Wildman–Crippen MR) is 118 cm³/mol. The largest absolute Gasteiger partial charge is 0.491 e. The van der Waals surface area contributed by atoms with Crippen LogP contribution >= 0.6 is 0 Å². The molecule has 0 aromatic heterocycles. The Hall–Kier alpha value is -3.10. The Morgan fingerprint density at radius 1 is 1.09 bits per heavy atom. The molecule has 1 aromatic rings. The first kappa shape index (κ1) is 25.2. The fourth-order valence-corrected chi connectivity index (χ4v) is 3.55. The van der Waals surface area contributed by atoms with Crippen molar-refractivity contribution in [2.24, 2.45) is 11.8 Å². The molecule has 4 N–H and O–H groups in total. The van der Waals surface area contributed by atoms with Crippen LogP contribution in [0.15, 0.2) is 24.3 Å². The van der Waals surface area contributed by atoms with Crippen LogP contribution in [0, 0.1) is 11.8 Å². The van der Waals surface area contributed by atoms with Crippen LogP contribution in [0.1, 0.15) is 57.3 Å². The molecule has 0 spiro atoms. The van der Waals surface area contributed by atoms with Crippen LogP contribution < -0.4 is 20.7 Å². The van der Waals surface area contributed by atoms with E-state index in [0.717, 1.165) is 0 Å². The number of carbonyl (C=O) groups is 4. The van der Waals surface area contributed by atoms with Gasteiger partial charge in [-0.2, -0.15) is 0 Å². The van der Waals surface area contributed by atoms with Gasteiger partial charge in [0.2, 0.25) is 11.8 Å². The normalized spacial score (nSPS) is 23.2. The Balaban J connectivity index is 2.39. The maximum Gasteiger partial charge on any atom is 0.326 e. The van der Waals surface area contributed by atoms with E-state index in [0.29, 0.717) is 12.2 Å². The second-order valence-electron chi connectivity index (χ2n) is 8.83. The highest BCUT2D eigenvalue weighted by Gasteiger charge is 2.29. The number of carboxylic acids is 1. The van der Waals surface area contributed by atoms with Crippen molar-refractivity contribution in [1.82, 2.24) is 16.0 Å². The van der Waals surface area contributed by atoms with Crippen LogP contribution in [0.2, 0.25) is 0 Å². The van der Waals surface area contributed by atoms with Gasteiger partial charge < -0.3 is 25.8 Å². The molecule has 176 valence electrons. The summed E-state index contributed by atoms with van der Waals surface area (Å²) < 4.78 is 5.90. The first-order valence-electron chi connectivity index (χ1n) is 10.9. The molecule has 0 unspecified atom stereocenters. The molecule has 0 aliphatic carbocycles. The van der Waals surface area contributed by atoms with Gasteiger partial charge in [-0.25, -0.2) is 4.79 Å². The molecule has 0 bridgehead atoms. The van der Waals surface area contributed by atoms with Crippen LogP contribution in [0.3, 0.4) is 0 Å². The van der Waals surface area contributed by atoms with Gasteiger partial charge in [-0.1, -0.05) is 39.8 Å². The summed E-state index contributed by atoms with van der Waals surface area (Å²) in [6.45, 7) is 7.81. The maximum atomic E-state index is 13.0. The number of aliphatic carboxylic acids is 1. The number of ether oxygens (including phenoxy) is 1. The number of amides is 3. The SMILES string of the molecule is CC(C)C[C@@H]1COc2ccccc2C(=O)N[C@H](C(=O)O)CCC(=O)N[C@@H](C(C)C)C(=O)N1. The molecular weight excluding hydrogens is 414 g/mol. The van der Waals surface area contributed by atoms with Gasteiger partial charge in [0.15, 0.2) is 0 Å². The molecule has 32 heavy (non-hydrogen) atoms. The van der Waals surface area contributed by atoms with Crippen LogP contribution in [0.25, 0.3) is 0 Å². The van der Waals surface area contributed by atoms with Gasteiger partial charge in [-0.3, -0.25) is 14.4 Å². The number of carbonyl (C=O) groups excluding carboxylic acids is 3. The summed E-state index contributed by atoms with van der Waals surface area (Å²) in [5.74, 6) is -2.24. The van der Waals surface area contributed by atoms with Crippen molar-refractivity contribution in [2.45, 2.75) is 65.1 Å². The average Bonchev–Trinajstić information content (AvgIpc) is 2.71. The van der Waals surface area contributed by atoms with E-state index in [1.54, 1.807) is 24.3 Å². The minimum atomic E-state index is -1.26. The second-order valence-corrected chi connectivity index (χ2v) is 8.83. The van der Waals surface area contributed by atoms with E-state index in [9.17, 15) is 24.3 Å². The lowest BCUT2D eigenvalue weighted by atomic mass is 10.0. The molecule has 3 amide bonds. The van der Waals surface area contributed by atoms with Crippen molar-refractivity contribution in [3.8, 4) is 5.75 Å². The van der Waals surface area contributed by atoms with Gasteiger partial charge in [-0.15, -0.1) is 0 Å². The van der Waals surface area contributed by atoms with Crippen LogP contribution in [0.4, 0.5) is 0 Å². The number of hydrogen-bond acceptors (Lipinski definition) is 5. The summed E-state index contributed by atoms with van der Waals surface area (Å²) >= 11 is 0. The molecule has 1 heterocycles. The number of hydrogen-bond donors (Lipinski definition) is 4. The van der Waals surface area contributed by atoms with Gasteiger partial charge in [0.1, 0.15) is 24.4 Å². The summed E-state index contributed by atoms with van der Waals surface area (Å²) in [7, 11) is 0. The molecule has 1 aromatic carbocycles. The summed E-state index contributed by atoms with van der Waals surface area (Å²) in [6, 6.07) is 4.16. The third-order valence-electron chi connectivity index (χ3n) is 5.20. The van der Waals surface area contributed by atoms with E-state index in [1.807, 2.05) is 27.7 Å². The van der Waals surface area contributed by atoms with E-state index in [-0.39, 0.29) is 48.8 Å². The van der Waals surface area contributed by atoms with Crippen LogP contribution in [-0.4, -0.2) is 53.5 Å². The van der Waals surface area contributed by atoms with E-state index >= 15 is 0 Å². The van der Waals surface area contributed by atoms with E-state index < -0.39 is 29.9 Å². The van der Waals surface area contributed by atoms with E-state index in [4.69, 9.17) is 4.74 Å². The van der Waals surface area contributed by atoms with Crippen molar-refractivity contribution in [1.29, 1.82) is 0 Å². The number of para-hydroxylation sites is 1. The quantitative estimate of drug-likeness (QED) is 0.555. The Bertz CT molecular complexity index is 839. The molecule has 9 heteroatoms. The highest BCUT2D eigenvalue weighted by molar-refractivity contribution is 5.99. The Labute approximate surface area is 188 Å². The topological polar surface area (TPSA) is 134 Å². The zero-order chi connectivity index (χ0) is 23.8. The number of nitrogens with one attached hydrogen (secondary N) is 3. The highest BCUT2D eigenvalue weighted by Crippen LogP contribution is 2.20. The van der Waals surface area contributed by atoms with Gasteiger partial charge in [-0.05, 0) is 36.8 Å². The summed E-state index contributed by atoms with van der Waals surface area (Å²) in [4.78, 5) is 49.8. The Morgan fingerprint density at radius 3 is 2.41 bits per heavy atom. The number of fused-ring (bicyclic) bond motifs is 1. The lowest BCUT2D eigenvalue weighted by Crippen LogP contribution is -2.53. The van der Waals surface area contributed by atoms with Crippen molar-refractivity contribution in [3.63, 3.8) is 0 Å². The standard InChI is InChI=1S/C23H33N3O6/c1-13(2)11-15-12-32-18-8-6-5-7-16(18)21(28)25-17(23(30)31)9-10-19(27)26-20(14(3)4)22(29)24-15/h5-8,13-15,17,20H,9-12H2,1-4H3,(H,24,29)(H,25,28)(H,26,27)(H,30,31)/t15-,17+,20+/m1/s1. The minimum absolute atomic E-state index is 0.113. The molecule has 0 saturated carbocycles. The first-order valence-corrected chi connectivity index (χ1v) is 10.9. The zero-order valence-corrected chi connectivity index (χ0v) is 19.0. The number of carboxylic acid groups (broad SMARTS) is 1. The summed E-state index contributed by atoms with van der Waals surface area (Å²) in [5, 5.41) is 17.6. The van der Waals surface area contributed by atoms with E-state index in [2.05, 4.69) is 16.0 Å². The van der Waals surface area contributed by atoms with Crippen molar-refractivity contribution in [3.05, 3.63) is 29.8 Å². The molecule has 1 aliphatic heterocycles. The van der Waals surface area contributed by atoms with Gasteiger partial charge in [0.25, 0.3) is 5.91 Å². The smallest absolute Gasteiger partial charge is 0.326 e. The van der Waals surface area contributed by atoms with Gasteiger partial charge in [0, 0.05) is 6.42 Å². The Morgan fingerprint density at radius 2 is 1.78 bits per heavy atom. The first-order chi connectivity index (χ1) is 15.1. The Kier molecular flexibility index (Phi) is 9.04. The van der Waals surface area contributed by atoms with Gasteiger partial charge >= 0.3 is 5.97 Å². The fourth-order valence-electron chi connectivity index (χ4n) is 3.55. The third-order valence-corrected chi connectivity index (χ3v) is 5.20. The molecule has 2 rings (SSSR count). The second kappa shape index (κ2) is 11.5. The number of rotatable bonds is 4.